The van der Waals surface area contributed by atoms with Gasteiger partial charge in [0.05, 0.1) is 22.8 Å². The number of nitrogens with zero attached hydrogens (tertiary/aromatic N) is 1. The van der Waals surface area contributed by atoms with Crippen LogP contribution in [0.25, 0.3) is 0 Å². The molecule has 33 heavy (non-hydrogen) atoms. The van der Waals surface area contributed by atoms with E-state index in [1.807, 2.05) is 24.3 Å². The molecular weight excluding hydrogens is 463 g/mol. The lowest BCUT2D eigenvalue weighted by Gasteiger charge is -2.38. The van der Waals surface area contributed by atoms with E-state index in [4.69, 9.17) is 43.1 Å². The third kappa shape index (κ3) is 7.59. The number of ether oxygens (including phenoxy) is 3. The molecule has 0 bridgehead atoms. The predicted octanol–water partition coefficient (Wildman–Crippen LogP) is 4.45. The molecule has 8 heteroatoms. The second-order valence-corrected chi connectivity index (χ2v) is 9.16. The van der Waals surface area contributed by atoms with Crippen molar-refractivity contribution in [1.29, 1.82) is 0 Å². The van der Waals surface area contributed by atoms with Gasteiger partial charge in [0.2, 0.25) is 0 Å². The minimum atomic E-state index is -0.299. The Kier molecular flexibility index (Phi) is 10.3. The lowest BCUT2D eigenvalue weighted by atomic mass is 9.93. The Labute approximate surface area is 205 Å². The standard InChI is InChI=1S/C25H32Cl2N2O4/c1-31-17-19-4-3-11-29(15-19)25(28)20(16-30)14-18-7-9-21(10-8-18)32-12-13-33-24-22(26)5-2-6-23(24)27/h2,5-10,16,19-20,25H,3-4,11-15,17,28H2,1H3. The Bertz CT molecular complexity index is 859. The third-order valence-corrected chi connectivity index (χ3v) is 6.50. The number of carbonyl (C=O) groups excluding carboxylic acids is 1. The highest BCUT2D eigenvalue weighted by molar-refractivity contribution is 6.37. The van der Waals surface area contributed by atoms with E-state index in [9.17, 15) is 4.79 Å². The predicted molar refractivity (Wildman–Crippen MR) is 131 cm³/mol. The van der Waals surface area contributed by atoms with Gasteiger partial charge in [-0.3, -0.25) is 4.90 Å². The summed E-state index contributed by atoms with van der Waals surface area (Å²) in [5.74, 6) is 1.37. The molecule has 2 N–H and O–H groups in total. The molecule has 180 valence electrons. The number of benzene rings is 2. The molecule has 1 aliphatic heterocycles. The van der Waals surface area contributed by atoms with Crippen LogP contribution in [-0.4, -0.2) is 57.4 Å². The molecule has 0 aromatic heterocycles. The summed E-state index contributed by atoms with van der Waals surface area (Å²) in [4.78, 5) is 14.0. The van der Waals surface area contributed by atoms with Crippen LogP contribution in [0, 0.1) is 11.8 Å². The van der Waals surface area contributed by atoms with Gasteiger partial charge in [0.1, 0.15) is 25.2 Å². The Morgan fingerprint density at radius 1 is 1.12 bits per heavy atom. The number of rotatable bonds is 12. The first kappa shape index (κ1) is 25.8. The minimum Gasteiger partial charge on any atom is -0.490 e. The maximum atomic E-state index is 11.8. The number of hydrogen-bond acceptors (Lipinski definition) is 6. The topological polar surface area (TPSA) is 74.0 Å². The van der Waals surface area contributed by atoms with Crippen LogP contribution in [-0.2, 0) is 16.0 Å². The Balaban J connectivity index is 1.47. The Morgan fingerprint density at radius 2 is 1.82 bits per heavy atom. The first-order valence-electron chi connectivity index (χ1n) is 11.2. The zero-order valence-corrected chi connectivity index (χ0v) is 20.4. The maximum absolute atomic E-state index is 11.8. The summed E-state index contributed by atoms with van der Waals surface area (Å²) >= 11 is 12.2. The quantitative estimate of drug-likeness (QED) is 0.347. The van der Waals surface area contributed by atoms with Gasteiger partial charge < -0.3 is 24.7 Å². The number of carbonyl (C=O) groups is 1. The lowest BCUT2D eigenvalue weighted by molar-refractivity contribution is -0.113. The van der Waals surface area contributed by atoms with E-state index in [1.165, 1.54) is 0 Å². The molecule has 0 amide bonds. The monoisotopic (exact) mass is 494 g/mol. The number of piperidine rings is 1. The van der Waals surface area contributed by atoms with Crippen LogP contribution in [0.1, 0.15) is 18.4 Å². The van der Waals surface area contributed by atoms with Crippen molar-refractivity contribution in [1.82, 2.24) is 4.90 Å². The van der Waals surface area contributed by atoms with Crippen LogP contribution in [0.4, 0.5) is 0 Å². The second-order valence-electron chi connectivity index (χ2n) is 8.34. The summed E-state index contributed by atoms with van der Waals surface area (Å²) in [6.45, 7) is 3.17. The van der Waals surface area contributed by atoms with Crippen LogP contribution in [0.3, 0.4) is 0 Å². The van der Waals surface area contributed by atoms with Crippen molar-refractivity contribution >= 4 is 29.5 Å². The van der Waals surface area contributed by atoms with Gasteiger partial charge in [-0.05, 0) is 61.6 Å². The molecule has 3 rings (SSSR count). The van der Waals surface area contributed by atoms with Gasteiger partial charge in [0.15, 0.2) is 5.75 Å². The number of aldehydes is 1. The summed E-state index contributed by atoms with van der Waals surface area (Å²) in [5, 5.41) is 0.933. The van der Waals surface area contributed by atoms with Crippen molar-refractivity contribution in [2.24, 2.45) is 17.6 Å². The molecule has 0 radical (unpaired) electrons. The molecule has 3 atom stereocenters. The lowest BCUT2D eigenvalue weighted by Crippen LogP contribution is -2.52. The smallest absolute Gasteiger partial charge is 0.156 e. The highest BCUT2D eigenvalue weighted by Crippen LogP contribution is 2.32. The molecule has 2 aromatic rings. The van der Waals surface area contributed by atoms with E-state index in [-0.39, 0.29) is 12.1 Å². The second kappa shape index (κ2) is 13.2. The summed E-state index contributed by atoms with van der Waals surface area (Å²) in [6.07, 6.45) is 3.48. The molecule has 1 fully saturated rings. The molecule has 0 aliphatic carbocycles. The van der Waals surface area contributed by atoms with Gasteiger partial charge in [0.25, 0.3) is 0 Å². The van der Waals surface area contributed by atoms with Crippen LogP contribution < -0.4 is 15.2 Å². The SMILES string of the molecule is COCC1CCCN(C(N)C(C=O)Cc2ccc(OCCOc3c(Cl)cccc3Cl)cc2)C1. The molecule has 0 spiro atoms. The third-order valence-electron chi connectivity index (χ3n) is 5.90. The van der Waals surface area contributed by atoms with Crippen molar-refractivity contribution in [3.63, 3.8) is 0 Å². The van der Waals surface area contributed by atoms with Crippen molar-refractivity contribution in [2.45, 2.75) is 25.4 Å². The highest BCUT2D eigenvalue weighted by atomic mass is 35.5. The van der Waals surface area contributed by atoms with Crippen LogP contribution in [0.2, 0.25) is 10.0 Å². The van der Waals surface area contributed by atoms with Gasteiger partial charge in [0, 0.05) is 19.6 Å². The van der Waals surface area contributed by atoms with Crippen molar-refractivity contribution in [3.05, 3.63) is 58.1 Å². The minimum absolute atomic E-state index is 0.271. The molecule has 3 unspecified atom stereocenters. The van der Waals surface area contributed by atoms with Crippen molar-refractivity contribution in [3.8, 4) is 11.5 Å². The molecule has 1 heterocycles. The highest BCUT2D eigenvalue weighted by Gasteiger charge is 2.28. The van der Waals surface area contributed by atoms with Gasteiger partial charge in [-0.2, -0.15) is 0 Å². The molecular formula is C25H32Cl2N2O4. The van der Waals surface area contributed by atoms with Gasteiger partial charge in [-0.25, -0.2) is 0 Å². The van der Waals surface area contributed by atoms with E-state index >= 15 is 0 Å². The van der Waals surface area contributed by atoms with E-state index in [0.717, 1.165) is 50.1 Å². The zero-order valence-electron chi connectivity index (χ0n) is 18.9. The largest absolute Gasteiger partial charge is 0.490 e. The van der Waals surface area contributed by atoms with E-state index < -0.39 is 0 Å². The first-order valence-corrected chi connectivity index (χ1v) is 12.0. The fraction of sp³-hybridized carbons (Fsp3) is 0.480. The van der Waals surface area contributed by atoms with Crippen molar-refractivity contribution in [2.75, 3.05) is 40.0 Å². The van der Waals surface area contributed by atoms with Crippen LogP contribution in [0.5, 0.6) is 11.5 Å². The summed E-state index contributed by atoms with van der Waals surface area (Å²) in [6, 6.07) is 12.9. The normalized spacial score (nSPS) is 18.5. The first-order chi connectivity index (χ1) is 16.0. The van der Waals surface area contributed by atoms with E-state index in [2.05, 4.69) is 4.90 Å². The number of likely N-dealkylation sites (tertiary alicyclic amines) is 1. The van der Waals surface area contributed by atoms with Crippen molar-refractivity contribution < 1.29 is 19.0 Å². The van der Waals surface area contributed by atoms with Crippen LogP contribution in [0.15, 0.2) is 42.5 Å². The Hall–Kier alpha value is -1.83. The molecule has 6 nitrogen and oxygen atoms in total. The average molecular weight is 495 g/mol. The summed E-state index contributed by atoms with van der Waals surface area (Å²) in [7, 11) is 1.72. The van der Waals surface area contributed by atoms with E-state index in [1.54, 1.807) is 25.3 Å². The fourth-order valence-corrected chi connectivity index (χ4v) is 4.68. The number of nitrogens with two attached hydrogens (primary N) is 1. The van der Waals surface area contributed by atoms with Gasteiger partial charge in [-0.1, -0.05) is 41.4 Å². The molecule has 2 aromatic carbocycles. The number of methoxy groups -OCH3 is 1. The fourth-order valence-electron chi connectivity index (χ4n) is 4.18. The summed E-state index contributed by atoms with van der Waals surface area (Å²) < 4.78 is 16.7. The molecule has 0 saturated carbocycles. The van der Waals surface area contributed by atoms with Gasteiger partial charge >= 0.3 is 0 Å². The maximum Gasteiger partial charge on any atom is 0.156 e. The van der Waals surface area contributed by atoms with Crippen LogP contribution >= 0.6 is 23.2 Å². The summed E-state index contributed by atoms with van der Waals surface area (Å²) in [5.41, 5.74) is 7.53. The number of hydrogen-bond donors (Lipinski definition) is 1. The zero-order chi connectivity index (χ0) is 23.6. The Morgan fingerprint density at radius 3 is 2.48 bits per heavy atom. The average Bonchev–Trinajstić information content (AvgIpc) is 2.82. The number of para-hydroxylation sites is 1. The van der Waals surface area contributed by atoms with E-state index in [0.29, 0.717) is 41.3 Å². The molecule has 1 saturated heterocycles. The van der Waals surface area contributed by atoms with Gasteiger partial charge in [-0.15, -0.1) is 0 Å². The molecule has 1 aliphatic rings. The number of halogens is 2.